The Labute approximate surface area is 109 Å². The molecule has 2 heterocycles. The van der Waals surface area contributed by atoms with Gasteiger partial charge in [0.05, 0.1) is 0 Å². The number of hydrogen-bond donors (Lipinski definition) is 1. The fraction of sp³-hybridized carbons (Fsp3) is 0.0714. The molecule has 3 rings (SSSR count). The van der Waals surface area contributed by atoms with Crippen molar-refractivity contribution in [2.45, 2.75) is 6.10 Å². The van der Waals surface area contributed by atoms with Gasteiger partial charge in [-0.1, -0.05) is 35.9 Å². The Balaban J connectivity index is 2.00. The summed E-state index contributed by atoms with van der Waals surface area (Å²) in [6.07, 6.45) is 0.711. The van der Waals surface area contributed by atoms with E-state index in [-0.39, 0.29) is 0 Å². The van der Waals surface area contributed by atoms with Crippen LogP contribution in [0.3, 0.4) is 0 Å². The zero-order chi connectivity index (χ0) is 12.5. The van der Waals surface area contributed by atoms with Gasteiger partial charge >= 0.3 is 0 Å². The third-order valence-electron chi connectivity index (χ3n) is 2.78. The van der Waals surface area contributed by atoms with Gasteiger partial charge in [0.25, 0.3) is 0 Å². The van der Waals surface area contributed by atoms with Crippen molar-refractivity contribution in [2.75, 3.05) is 0 Å². The first-order chi connectivity index (χ1) is 8.74. The van der Waals surface area contributed by atoms with Crippen molar-refractivity contribution in [3.63, 3.8) is 0 Å². The fourth-order valence-electron chi connectivity index (χ4n) is 1.85. The molecule has 1 N–H and O–H groups in total. The Morgan fingerprint density at radius 1 is 1.17 bits per heavy atom. The lowest BCUT2D eigenvalue weighted by Crippen LogP contribution is -1.98. The molecule has 0 amide bonds. The minimum absolute atomic E-state index is 0.399. The number of furan rings is 1. The summed E-state index contributed by atoms with van der Waals surface area (Å²) in [4.78, 5) is 3.94. The molecule has 0 bridgehead atoms. The van der Waals surface area contributed by atoms with Gasteiger partial charge in [0.2, 0.25) is 0 Å². The van der Waals surface area contributed by atoms with Crippen molar-refractivity contribution in [1.29, 1.82) is 0 Å². The average molecular weight is 260 g/mol. The van der Waals surface area contributed by atoms with Crippen molar-refractivity contribution in [2.24, 2.45) is 0 Å². The van der Waals surface area contributed by atoms with Crippen molar-refractivity contribution >= 4 is 22.6 Å². The van der Waals surface area contributed by atoms with E-state index in [1.165, 1.54) is 0 Å². The molecule has 2 aromatic heterocycles. The Bertz CT molecular complexity index is 643. The maximum atomic E-state index is 10.2. The van der Waals surface area contributed by atoms with Crippen LogP contribution < -0.4 is 0 Å². The highest BCUT2D eigenvalue weighted by Gasteiger charge is 2.15. The highest BCUT2D eigenvalue weighted by molar-refractivity contribution is 6.29. The van der Waals surface area contributed by atoms with E-state index >= 15 is 0 Å². The predicted octanol–water partition coefficient (Wildman–Crippen LogP) is 3.56. The van der Waals surface area contributed by atoms with Gasteiger partial charge in [-0.2, -0.15) is 0 Å². The lowest BCUT2D eigenvalue weighted by molar-refractivity contribution is 0.192. The molecule has 0 saturated carbocycles. The van der Waals surface area contributed by atoms with Gasteiger partial charge in [-0.25, -0.2) is 4.98 Å². The molecular weight excluding hydrogens is 250 g/mol. The lowest BCUT2D eigenvalue weighted by Gasteiger charge is -2.06. The number of hydrogen-bond acceptors (Lipinski definition) is 3. The van der Waals surface area contributed by atoms with Crippen LogP contribution in [0.5, 0.6) is 0 Å². The molecule has 1 atom stereocenters. The summed E-state index contributed by atoms with van der Waals surface area (Å²) in [5.74, 6) is 0.500. The molecule has 0 fully saturated rings. The topological polar surface area (TPSA) is 46.3 Å². The molecule has 0 aliphatic heterocycles. The molecular formula is C14H10ClNO2. The van der Waals surface area contributed by atoms with Crippen LogP contribution in [0.4, 0.5) is 0 Å². The van der Waals surface area contributed by atoms with Crippen LogP contribution in [0.15, 0.2) is 53.1 Å². The number of benzene rings is 1. The van der Waals surface area contributed by atoms with Gasteiger partial charge in [0.15, 0.2) is 0 Å². The first-order valence-electron chi connectivity index (χ1n) is 5.52. The van der Waals surface area contributed by atoms with E-state index < -0.39 is 6.10 Å². The minimum atomic E-state index is -0.831. The number of fused-ring (bicyclic) bond motifs is 1. The number of para-hydroxylation sites is 1. The first kappa shape index (κ1) is 11.3. The number of aromatic nitrogens is 1. The Kier molecular flexibility index (Phi) is 2.78. The average Bonchev–Trinajstić information content (AvgIpc) is 2.82. The van der Waals surface area contributed by atoms with Crippen LogP contribution in [0.1, 0.15) is 17.4 Å². The molecule has 90 valence electrons. The lowest BCUT2D eigenvalue weighted by atomic mass is 10.1. The summed E-state index contributed by atoms with van der Waals surface area (Å²) < 4.78 is 5.60. The third kappa shape index (κ3) is 1.98. The van der Waals surface area contributed by atoms with E-state index in [0.717, 1.165) is 11.0 Å². The van der Waals surface area contributed by atoms with E-state index in [1.807, 2.05) is 30.3 Å². The molecule has 0 aliphatic rings. The Morgan fingerprint density at radius 2 is 2.00 bits per heavy atom. The maximum Gasteiger partial charge on any atom is 0.138 e. The van der Waals surface area contributed by atoms with Gasteiger partial charge in [0, 0.05) is 17.1 Å². The number of halogens is 1. The first-order valence-corrected chi connectivity index (χ1v) is 5.90. The molecule has 0 spiro atoms. The number of nitrogens with zero attached hydrogens (tertiary/aromatic N) is 1. The van der Waals surface area contributed by atoms with Gasteiger partial charge in [-0.3, -0.25) is 0 Å². The van der Waals surface area contributed by atoms with E-state index in [1.54, 1.807) is 18.3 Å². The Hall–Kier alpha value is -1.84. The van der Waals surface area contributed by atoms with Crippen LogP contribution in [0, 0.1) is 0 Å². The molecule has 3 nitrogen and oxygen atoms in total. The molecule has 0 aliphatic carbocycles. The molecule has 3 aromatic rings. The third-order valence-corrected chi connectivity index (χ3v) is 3.00. The van der Waals surface area contributed by atoms with E-state index in [0.29, 0.717) is 16.5 Å². The smallest absolute Gasteiger partial charge is 0.138 e. The van der Waals surface area contributed by atoms with Gasteiger partial charge in [-0.05, 0) is 18.2 Å². The quantitative estimate of drug-likeness (QED) is 0.716. The molecule has 1 unspecified atom stereocenters. The molecule has 18 heavy (non-hydrogen) atoms. The molecule has 4 heteroatoms. The summed E-state index contributed by atoms with van der Waals surface area (Å²) in [6.45, 7) is 0. The largest absolute Gasteiger partial charge is 0.458 e. The van der Waals surface area contributed by atoms with Crippen LogP contribution in [-0.4, -0.2) is 10.1 Å². The van der Waals surface area contributed by atoms with Crippen molar-refractivity contribution in [3.8, 4) is 0 Å². The van der Waals surface area contributed by atoms with E-state index in [4.69, 9.17) is 16.0 Å². The number of rotatable bonds is 2. The van der Waals surface area contributed by atoms with Crippen molar-refractivity contribution in [3.05, 3.63) is 65.1 Å². The monoisotopic (exact) mass is 259 g/mol. The zero-order valence-electron chi connectivity index (χ0n) is 9.38. The SMILES string of the molecule is OC(c1ccc(Cl)nc1)c1cc2ccccc2o1. The van der Waals surface area contributed by atoms with Crippen LogP contribution in [0.25, 0.3) is 11.0 Å². The second kappa shape index (κ2) is 4.44. The molecule has 1 aromatic carbocycles. The molecule has 0 radical (unpaired) electrons. The number of aliphatic hydroxyl groups is 1. The maximum absolute atomic E-state index is 10.2. The summed E-state index contributed by atoms with van der Waals surface area (Å²) in [5.41, 5.74) is 1.41. The number of aliphatic hydroxyl groups excluding tert-OH is 1. The van der Waals surface area contributed by atoms with Crippen LogP contribution in [-0.2, 0) is 0 Å². The van der Waals surface area contributed by atoms with Crippen molar-refractivity contribution in [1.82, 2.24) is 4.98 Å². The second-order valence-electron chi connectivity index (χ2n) is 4.00. The fourth-order valence-corrected chi connectivity index (χ4v) is 1.96. The summed E-state index contributed by atoms with van der Waals surface area (Å²) in [7, 11) is 0. The van der Waals surface area contributed by atoms with Crippen molar-refractivity contribution < 1.29 is 9.52 Å². The molecule has 0 saturated heterocycles. The Morgan fingerprint density at radius 3 is 2.72 bits per heavy atom. The predicted molar refractivity (Wildman–Crippen MR) is 69.5 cm³/mol. The van der Waals surface area contributed by atoms with E-state index in [9.17, 15) is 5.11 Å². The standard InChI is InChI=1S/C14H10ClNO2/c15-13-6-5-10(8-16-13)14(17)12-7-9-3-1-2-4-11(9)18-12/h1-8,14,17H. The summed E-state index contributed by atoms with van der Waals surface area (Å²) in [5, 5.41) is 11.6. The summed E-state index contributed by atoms with van der Waals surface area (Å²) >= 11 is 5.71. The normalized spacial score (nSPS) is 12.8. The highest BCUT2D eigenvalue weighted by Crippen LogP contribution is 2.27. The van der Waals surface area contributed by atoms with Crippen LogP contribution in [0.2, 0.25) is 5.15 Å². The van der Waals surface area contributed by atoms with Crippen LogP contribution >= 0.6 is 11.6 Å². The van der Waals surface area contributed by atoms with Gasteiger partial charge in [0.1, 0.15) is 22.6 Å². The summed E-state index contributed by atoms with van der Waals surface area (Å²) in [6, 6.07) is 12.8. The second-order valence-corrected chi connectivity index (χ2v) is 4.39. The van der Waals surface area contributed by atoms with E-state index in [2.05, 4.69) is 4.98 Å². The van der Waals surface area contributed by atoms with Gasteiger partial charge in [-0.15, -0.1) is 0 Å². The minimum Gasteiger partial charge on any atom is -0.458 e. The van der Waals surface area contributed by atoms with Gasteiger partial charge < -0.3 is 9.52 Å². The zero-order valence-corrected chi connectivity index (χ0v) is 10.1. The number of pyridine rings is 1. The highest BCUT2D eigenvalue weighted by atomic mass is 35.5.